The largest absolute Gasteiger partial charge is 0.488 e. The van der Waals surface area contributed by atoms with E-state index in [-0.39, 0.29) is 53.3 Å². The molecule has 11 heteroatoms. The van der Waals surface area contributed by atoms with Crippen molar-refractivity contribution in [3.63, 3.8) is 0 Å². The number of aryl methyl sites for hydroxylation is 2. The van der Waals surface area contributed by atoms with Gasteiger partial charge >= 0.3 is 0 Å². The number of aliphatic hydroxyl groups is 1. The molecule has 1 aromatic carbocycles. The van der Waals surface area contributed by atoms with Crippen LogP contribution in [0.1, 0.15) is 30.9 Å². The van der Waals surface area contributed by atoms with Crippen molar-refractivity contribution in [3.05, 3.63) is 35.2 Å². The minimum Gasteiger partial charge on any atom is -0.488 e. The van der Waals surface area contributed by atoms with Crippen molar-refractivity contribution in [1.82, 2.24) is 15.4 Å². The smallest absolute Gasteiger partial charge is 0.267 e. The van der Waals surface area contributed by atoms with Crippen molar-refractivity contribution in [2.75, 3.05) is 31.5 Å². The summed E-state index contributed by atoms with van der Waals surface area (Å²) in [6, 6.07) is 4.54. The average Bonchev–Trinajstić information content (AvgIpc) is 3.12. The van der Waals surface area contributed by atoms with Gasteiger partial charge in [-0.3, -0.25) is 9.52 Å². The molecule has 3 rings (SSSR count). The molecular formula is C22H32N4O6S. The molecule has 182 valence electrons. The standard InChI is InChI=1S/C22H32N4O6S/c1-13-11-26(14(2)12-27)21(28)9-17-8-18(6-7-19(17)31-20(13)10-23-5)25-33(29,30)22-15(3)24-32-16(22)4/h6-8,13-14,20,23,25,27H,9-12H2,1-5H3/t13-,14-,20-/m0/s1. The number of hydrogen-bond donors (Lipinski definition) is 3. The molecule has 0 spiro atoms. The number of hydrogen-bond acceptors (Lipinski definition) is 8. The predicted octanol–water partition coefficient (Wildman–Crippen LogP) is 1.46. The number of sulfonamides is 1. The summed E-state index contributed by atoms with van der Waals surface area (Å²) in [7, 11) is -2.11. The van der Waals surface area contributed by atoms with E-state index in [0.717, 1.165) is 0 Å². The molecule has 1 aromatic heterocycles. The lowest BCUT2D eigenvalue weighted by atomic mass is 10.0. The van der Waals surface area contributed by atoms with Gasteiger partial charge in [0.15, 0.2) is 10.7 Å². The van der Waals surface area contributed by atoms with E-state index in [9.17, 15) is 18.3 Å². The van der Waals surface area contributed by atoms with Gasteiger partial charge in [0.1, 0.15) is 17.5 Å². The van der Waals surface area contributed by atoms with Crippen LogP contribution < -0.4 is 14.8 Å². The molecular weight excluding hydrogens is 448 g/mol. The Bertz CT molecular complexity index is 1080. The summed E-state index contributed by atoms with van der Waals surface area (Å²) in [6.45, 7) is 7.74. The van der Waals surface area contributed by atoms with E-state index >= 15 is 0 Å². The quantitative estimate of drug-likeness (QED) is 0.542. The molecule has 10 nitrogen and oxygen atoms in total. The van der Waals surface area contributed by atoms with Gasteiger partial charge in [-0.25, -0.2) is 8.42 Å². The van der Waals surface area contributed by atoms with Crippen LogP contribution in [0.4, 0.5) is 5.69 Å². The molecule has 3 atom stereocenters. The van der Waals surface area contributed by atoms with E-state index in [1.54, 1.807) is 36.9 Å². The second-order valence-electron chi connectivity index (χ2n) is 8.53. The average molecular weight is 481 g/mol. The van der Waals surface area contributed by atoms with Crippen LogP contribution in [0, 0.1) is 19.8 Å². The third-order valence-electron chi connectivity index (χ3n) is 5.81. The summed E-state index contributed by atoms with van der Waals surface area (Å²) in [5.41, 5.74) is 1.12. The minimum absolute atomic E-state index is 0.000860. The van der Waals surface area contributed by atoms with Crippen LogP contribution in [0.3, 0.4) is 0 Å². The van der Waals surface area contributed by atoms with Crippen molar-refractivity contribution >= 4 is 21.6 Å². The number of carbonyl (C=O) groups is 1. The summed E-state index contributed by atoms with van der Waals surface area (Å²) in [5.74, 6) is 0.552. The number of nitrogens with one attached hydrogen (secondary N) is 2. The van der Waals surface area contributed by atoms with Gasteiger partial charge in [0.05, 0.1) is 19.1 Å². The first kappa shape index (κ1) is 25.0. The van der Waals surface area contributed by atoms with Gasteiger partial charge in [-0.15, -0.1) is 0 Å². The lowest BCUT2D eigenvalue weighted by Gasteiger charge is -2.32. The summed E-state index contributed by atoms with van der Waals surface area (Å²) >= 11 is 0. The van der Waals surface area contributed by atoms with Crippen molar-refractivity contribution in [2.45, 2.75) is 51.2 Å². The number of aliphatic hydroxyl groups excluding tert-OH is 1. The molecule has 0 aliphatic carbocycles. The number of benzene rings is 1. The van der Waals surface area contributed by atoms with Gasteiger partial charge in [-0.05, 0) is 46.0 Å². The fourth-order valence-corrected chi connectivity index (χ4v) is 5.38. The number of nitrogens with zero attached hydrogens (tertiary/aromatic N) is 2. The van der Waals surface area contributed by atoms with Crippen molar-refractivity contribution in [3.8, 4) is 5.75 Å². The zero-order chi connectivity index (χ0) is 24.3. The Morgan fingerprint density at radius 2 is 2.06 bits per heavy atom. The van der Waals surface area contributed by atoms with Crippen molar-refractivity contribution < 1.29 is 27.6 Å². The molecule has 0 saturated carbocycles. The molecule has 2 heterocycles. The van der Waals surface area contributed by atoms with E-state index in [2.05, 4.69) is 15.2 Å². The second-order valence-corrected chi connectivity index (χ2v) is 10.1. The number of aromatic nitrogens is 1. The highest BCUT2D eigenvalue weighted by atomic mass is 32.2. The number of carbonyl (C=O) groups excluding carboxylic acids is 1. The van der Waals surface area contributed by atoms with E-state index in [4.69, 9.17) is 9.26 Å². The first-order chi connectivity index (χ1) is 15.6. The van der Waals surface area contributed by atoms with Crippen LogP contribution in [0.25, 0.3) is 0 Å². The van der Waals surface area contributed by atoms with E-state index in [1.807, 2.05) is 14.0 Å². The van der Waals surface area contributed by atoms with Gasteiger partial charge in [-0.2, -0.15) is 0 Å². The maximum absolute atomic E-state index is 13.1. The van der Waals surface area contributed by atoms with Gasteiger partial charge in [-0.1, -0.05) is 12.1 Å². The van der Waals surface area contributed by atoms with E-state index in [0.29, 0.717) is 30.1 Å². The minimum atomic E-state index is -3.94. The Morgan fingerprint density at radius 3 is 2.67 bits per heavy atom. The molecule has 1 aliphatic rings. The normalized spacial score (nSPS) is 20.3. The molecule has 0 fully saturated rings. The van der Waals surface area contributed by atoms with Crippen LogP contribution in [0.15, 0.2) is 27.6 Å². The first-order valence-electron chi connectivity index (χ1n) is 10.9. The number of fused-ring (bicyclic) bond motifs is 1. The third-order valence-corrected chi connectivity index (χ3v) is 7.44. The SMILES string of the molecule is CNC[C@@H]1Oc2ccc(NS(=O)(=O)c3c(C)noc3C)cc2CC(=O)N([C@@H](C)CO)C[C@@H]1C. The van der Waals surface area contributed by atoms with Gasteiger partial charge in [0.25, 0.3) is 10.0 Å². The zero-order valence-corrected chi connectivity index (χ0v) is 20.4. The van der Waals surface area contributed by atoms with Crippen LogP contribution in [0.5, 0.6) is 5.75 Å². The number of likely N-dealkylation sites (N-methyl/N-ethyl adjacent to an activating group) is 1. The summed E-state index contributed by atoms with van der Waals surface area (Å²) < 4.78 is 39.7. The number of amides is 1. The first-order valence-corrected chi connectivity index (χ1v) is 12.4. The summed E-state index contributed by atoms with van der Waals surface area (Å²) in [6.07, 6.45) is -0.211. The monoisotopic (exact) mass is 480 g/mol. The molecule has 1 amide bonds. The maximum atomic E-state index is 13.1. The van der Waals surface area contributed by atoms with Gasteiger partial charge < -0.3 is 24.6 Å². The Balaban J connectivity index is 1.98. The Morgan fingerprint density at radius 1 is 1.33 bits per heavy atom. The molecule has 0 saturated heterocycles. The fourth-order valence-electron chi connectivity index (χ4n) is 4.00. The van der Waals surface area contributed by atoms with Gasteiger partial charge in [0, 0.05) is 30.3 Å². The molecule has 0 bridgehead atoms. The topological polar surface area (TPSA) is 134 Å². The third kappa shape index (κ3) is 5.48. The molecule has 33 heavy (non-hydrogen) atoms. The van der Waals surface area contributed by atoms with Crippen LogP contribution in [0.2, 0.25) is 0 Å². The lowest BCUT2D eigenvalue weighted by molar-refractivity contribution is -0.134. The predicted molar refractivity (Wildman–Crippen MR) is 123 cm³/mol. The number of anilines is 1. The highest BCUT2D eigenvalue weighted by molar-refractivity contribution is 7.92. The number of ether oxygens (including phenoxy) is 1. The summed E-state index contributed by atoms with van der Waals surface area (Å²) in [5, 5.41) is 16.5. The van der Waals surface area contributed by atoms with E-state index in [1.165, 1.54) is 6.92 Å². The van der Waals surface area contributed by atoms with Crippen molar-refractivity contribution in [2.24, 2.45) is 5.92 Å². The molecule has 1 aliphatic heterocycles. The molecule has 2 aromatic rings. The molecule has 3 N–H and O–H groups in total. The highest BCUT2D eigenvalue weighted by Gasteiger charge is 2.31. The zero-order valence-electron chi connectivity index (χ0n) is 19.6. The Labute approximate surface area is 194 Å². The Hall–Kier alpha value is -2.63. The van der Waals surface area contributed by atoms with Crippen molar-refractivity contribution in [1.29, 1.82) is 0 Å². The second kappa shape index (κ2) is 10.1. The highest BCUT2D eigenvalue weighted by Crippen LogP contribution is 2.30. The maximum Gasteiger partial charge on any atom is 0.267 e. The Kier molecular flexibility index (Phi) is 7.65. The van der Waals surface area contributed by atoms with Crippen LogP contribution in [-0.4, -0.2) is 68.4 Å². The number of rotatable bonds is 7. The molecule has 0 radical (unpaired) electrons. The van der Waals surface area contributed by atoms with Crippen LogP contribution >= 0.6 is 0 Å². The van der Waals surface area contributed by atoms with Gasteiger partial charge in [0.2, 0.25) is 5.91 Å². The van der Waals surface area contributed by atoms with E-state index < -0.39 is 10.0 Å². The molecule has 0 unspecified atom stereocenters. The van der Waals surface area contributed by atoms with Crippen LogP contribution in [-0.2, 0) is 21.2 Å². The lowest BCUT2D eigenvalue weighted by Crippen LogP contribution is -2.47. The summed E-state index contributed by atoms with van der Waals surface area (Å²) in [4.78, 5) is 14.8. The fraction of sp³-hybridized carbons (Fsp3) is 0.545.